The van der Waals surface area contributed by atoms with E-state index in [1.165, 1.54) is 10.6 Å². The smallest absolute Gasteiger partial charge is 0.255 e. The van der Waals surface area contributed by atoms with Gasteiger partial charge in [0.25, 0.3) is 5.56 Å². The molecule has 2 aromatic rings. The fourth-order valence-corrected chi connectivity index (χ4v) is 5.22. The van der Waals surface area contributed by atoms with Crippen molar-refractivity contribution in [1.82, 2.24) is 18.8 Å². The Hall–Kier alpha value is -2.04. The van der Waals surface area contributed by atoms with Crippen molar-refractivity contribution < 1.29 is 13.5 Å². The largest absolute Gasteiger partial charge is 0.393 e. The molecule has 0 unspecified atom stereocenters. The zero-order chi connectivity index (χ0) is 20.8. The summed E-state index contributed by atoms with van der Waals surface area (Å²) in [6.07, 6.45) is 5.88. The van der Waals surface area contributed by atoms with E-state index in [1.807, 2.05) is 0 Å². The van der Waals surface area contributed by atoms with E-state index >= 15 is 0 Å². The molecule has 2 atom stereocenters. The quantitative estimate of drug-likeness (QED) is 0.757. The van der Waals surface area contributed by atoms with Crippen molar-refractivity contribution in [1.29, 1.82) is 0 Å². The van der Waals surface area contributed by atoms with Gasteiger partial charge in [0.05, 0.1) is 12.4 Å². The molecule has 1 saturated carbocycles. The van der Waals surface area contributed by atoms with Gasteiger partial charge in [0.2, 0.25) is 16.0 Å². The lowest BCUT2D eigenvalue weighted by Gasteiger charge is -2.30. The van der Waals surface area contributed by atoms with E-state index in [4.69, 9.17) is 0 Å². The van der Waals surface area contributed by atoms with Gasteiger partial charge in [0, 0.05) is 42.3 Å². The second-order valence-corrected chi connectivity index (χ2v) is 10.2. The highest BCUT2D eigenvalue weighted by molar-refractivity contribution is 7.88. The maximum absolute atomic E-state index is 12.8. The number of hydrogen-bond acceptors (Lipinski definition) is 7. The SMILES string of the molecule is Cc1cc2cnc(NC3CCN(S(C)(=O)=O)CC3)nc2n([C@@H]2CC[C@@H](O)C2)c1=O. The Morgan fingerprint density at radius 3 is 2.55 bits per heavy atom. The maximum Gasteiger partial charge on any atom is 0.255 e. The molecule has 2 aliphatic rings. The predicted octanol–water partition coefficient (Wildman–Crippen LogP) is 1.02. The Kier molecular flexibility index (Phi) is 5.34. The third kappa shape index (κ3) is 4.15. The summed E-state index contributed by atoms with van der Waals surface area (Å²) in [7, 11) is -3.16. The maximum atomic E-state index is 12.8. The van der Waals surface area contributed by atoms with Crippen LogP contribution in [0.5, 0.6) is 0 Å². The molecule has 0 spiro atoms. The summed E-state index contributed by atoms with van der Waals surface area (Å²) in [5, 5.41) is 14.0. The Bertz CT molecular complexity index is 1080. The summed E-state index contributed by atoms with van der Waals surface area (Å²) < 4.78 is 26.5. The Labute approximate surface area is 169 Å². The van der Waals surface area contributed by atoms with E-state index in [0.717, 1.165) is 11.8 Å². The van der Waals surface area contributed by atoms with Gasteiger partial charge in [-0.15, -0.1) is 0 Å². The normalized spacial score (nSPS) is 24.2. The van der Waals surface area contributed by atoms with Crippen molar-refractivity contribution in [2.45, 2.75) is 57.2 Å². The molecule has 2 fully saturated rings. The van der Waals surface area contributed by atoms with Crippen LogP contribution in [0.2, 0.25) is 0 Å². The summed E-state index contributed by atoms with van der Waals surface area (Å²) in [6, 6.07) is 1.80. The molecule has 1 aliphatic heterocycles. The number of nitrogens with zero attached hydrogens (tertiary/aromatic N) is 4. The van der Waals surface area contributed by atoms with Gasteiger partial charge in [-0.3, -0.25) is 9.36 Å². The minimum absolute atomic E-state index is 0.0688. The predicted molar refractivity (Wildman–Crippen MR) is 110 cm³/mol. The number of aliphatic hydroxyl groups is 1. The average molecular weight is 422 g/mol. The lowest BCUT2D eigenvalue weighted by Crippen LogP contribution is -2.42. The second-order valence-electron chi connectivity index (χ2n) is 8.18. The number of nitrogens with one attached hydrogen (secondary N) is 1. The molecule has 3 heterocycles. The fourth-order valence-electron chi connectivity index (χ4n) is 4.35. The number of piperidine rings is 1. The molecule has 158 valence electrons. The molecule has 1 aliphatic carbocycles. The zero-order valence-electron chi connectivity index (χ0n) is 16.7. The molecule has 2 aromatic heterocycles. The van der Waals surface area contributed by atoms with Gasteiger partial charge in [-0.1, -0.05) is 0 Å². The highest BCUT2D eigenvalue weighted by atomic mass is 32.2. The van der Waals surface area contributed by atoms with Crippen molar-refractivity contribution in [2.24, 2.45) is 0 Å². The van der Waals surface area contributed by atoms with E-state index in [0.29, 0.717) is 55.9 Å². The van der Waals surface area contributed by atoms with Crippen LogP contribution in [0.15, 0.2) is 17.1 Å². The Balaban J connectivity index is 1.61. The molecule has 4 rings (SSSR count). The highest BCUT2D eigenvalue weighted by Gasteiger charge is 2.28. The molecule has 0 bridgehead atoms. The molecule has 2 N–H and O–H groups in total. The monoisotopic (exact) mass is 421 g/mol. The minimum Gasteiger partial charge on any atom is -0.393 e. The van der Waals surface area contributed by atoms with Gasteiger partial charge in [-0.25, -0.2) is 17.7 Å². The number of sulfonamides is 1. The van der Waals surface area contributed by atoms with Crippen molar-refractivity contribution in [3.63, 3.8) is 0 Å². The molecular weight excluding hydrogens is 394 g/mol. The van der Waals surface area contributed by atoms with Crippen molar-refractivity contribution >= 4 is 27.0 Å². The third-order valence-electron chi connectivity index (χ3n) is 5.95. The first-order chi connectivity index (χ1) is 13.7. The molecule has 9 nitrogen and oxygen atoms in total. The van der Waals surface area contributed by atoms with E-state index < -0.39 is 10.0 Å². The molecule has 10 heteroatoms. The summed E-state index contributed by atoms with van der Waals surface area (Å²) in [4.78, 5) is 21.9. The zero-order valence-corrected chi connectivity index (χ0v) is 17.5. The number of anilines is 1. The molecular formula is C19H27N5O4S. The van der Waals surface area contributed by atoms with Crippen LogP contribution in [0.3, 0.4) is 0 Å². The van der Waals surface area contributed by atoms with Crippen LogP contribution in [-0.2, 0) is 10.0 Å². The number of aromatic nitrogens is 3. The number of rotatable bonds is 4. The van der Waals surface area contributed by atoms with Crippen LogP contribution in [-0.4, -0.2) is 63.9 Å². The molecule has 1 saturated heterocycles. The van der Waals surface area contributed by atoms with Gasteiger partial charge in [-0.2, -0.15) is 4.98 Å². The van der Waals surface area contributed by atoms with Crippen molar-refractivity contribution in [2.75, 3.05) is 24.7 Å². The van der Waals surface area contributed by atoms with Crippen LogP contribution in [0.25, 0.3) is 11.0 Å². The third-order valence-corrected chi connectivity index (χ3v) is 7.25. The molecule has 0 radical (unpaired) electrons. The van der Waals surface area contributed by atoms with Gasteiger partial charge < -0.3 is 10.4 Å². The molecule has 29 heavy (non-hydrogen) atoms. The Morgan fingerprint density at radius 1 is 1.21 bits per heavy atom. The first kappa shape index (κ1) is 20.2. The molecule has 0 amide bonds. The van der Waals surface area contributed by atoms with Crippen LogP contribution in [0.4, 0.5) is 5.95 Å². The summed E-state index contributed by atoms with van der Waals surface area (Å²) >= 11 is 0. The van der Waals surface area contributed by atoms with Gasteiger partial charge in [0.1, 0.15) is 5.65 Å². The van der Waals surface area contributed by atoms with Gasteiger partial charge in [-0.05, 0) is 45.1 Å². The van der Waals surface area contributed by atoms with Crippen LogP contribution in [0, 0.1) is 6.92 Å². The van der Waals surface area contributed by atoms with Crippen LogP contribution in [0.1, 0.15) is 43.7 Å². The number of aryl methyl sites for hydroxylation is 1. The Morgan fingerprint density at radius 2 is 1.93 bits per heavy atom. The average Bonchev–Trinajstić information content (AvgIpc) is 3.09. The standard InChI is InChI=1S/C19H27N5O4S/c1-12-9-13-11-20-19(21-14-5-7-23(8-6-14)29(2,27)28)22-17(13)24(18(12)26)15-3-4-16(25)10-15/h9,11,14-16,25H,3-8,10H2,1-2H3,(H,20,21,22)/t15-,16-/m1/s1. The van der Waals surface area contributed by atoms with E-state index in [1.54, 1.807) is 23.8 Å². The van der Waals surface area contributed by atoms with Crippen LogP contribution >= 0.6 is 0 Å². The van der Waals surface area contributed by atoms with Gasteiger partial charge >= 0.3 is 0 Å². The second kappa shape index (κ2) is 7.66. The summed E-state index contributed by atoms with van der Waals surface area (Å²) in [5.74, 6) is 0.436. The first-order valence-electron chi connectivity index (χ1n) is 10.0. The van der Waals surface area contributed by atoms with E-state index in [9.17, 15) is 18.3 Å². The number of hydrogen-bond donors (Lipinski definition) is 2. The lowest BCUT2D eigenvalue weighted by atomic mass is 10.1. The number of aliphatic hydroxyl groups excluding tert-OH is 1. The topological polar surface area (TPSA) is 117 Å². The minimum atomic E-state index is -3.16. The van der Waals surface area contributed by atoms with Gasteiger partial charge in [0.15, 0.2) is 0 Å². The summed E-state index contributed by atoms with van der Waals surface area (Å²) in [5.41, 5.74) is 1.13. The van der Waals surface area contributed by atoms with Crippen molar-refractivity contribution in [3.05, 3.63) is 28.2 Å². The first-order valence-corrected chi connectivity index (χ1v) is 11.9. The number of pyridine rings is 1. The number of fused-ring (bicyclic) bond motifs is 1. The van der Waals surface area contributed by atoms with E-state index in [-0.39, 0.29) is 23.7 Å². The molecule has 0 aromatic carbocycles. The van der Waals surface area contributed by atoms with Crippen molar-refractivity contribution in [3.8, 4) is 0 Å². The fraction of sp³-hybridized carbons (Fsp3) is 0.632. The van der Waals surface area contributed by atoms with Crippen LogP contribution < -0.4 is 10.9 Å². The van der Waals surface area contributed by atoms with E-state index in [2.05, 4.69) is 15.3 Å². The lowest BCUT2D eigenvalue weighted by molar-refractivity contribution is 0.178. The summed E-state index contributed by atoms with van der Waals surface area (Å²) in [6.45, 7) is 2.72. The highest BCUT2D eigenvalue weighted by Crippen LogP contribution is 2.31.